The number of benzene rings is 3. The van der Waals surface area contributed by atoms with Crippen LogP contribution in [0.4, 0.5) is 5.69 Å². The Morgan fingerprint density at radius 2 is 1.60 bits per heavy atom. The predicted molar refractivity (Wildman–Crippen MR) is 197 cm³/mol. The number of piperidine rings is 3. The summed E-state index contributed by atoms with van der Waals surface area (Å²) in [5, 5.41) is 2.83. The molecule has 268 valence electrons. The molecule has 3 saturated heterocycles. The summed E-state index contributed by atoms with van der Waals surface area (Å²) in [4.78, 5) is 61.3. The number of imide groups is 1. The van der Waals surface area contributed by atoms with Crippen molar-refractivity contribution >= 4 is 34.3 Å². The van der Waals surface area contributed by atoms with Crippen molar-refractivity contribution in [2.24, 2.45) is 0 Å². The Kier molecular flexibility index (Phi) is 8.32. The number of amides is 3. The second-order valence-electron chi connectivity index (χ2n) is 15.1. The van der Waals surface area contributed by atoms with Crippen LogP contribution in [0.15, 0.2) is 77.8 Å². The van der Waals surface area contributed by atoms with Gasteiger partial charge in [-0.25, -0.2) is 4.98 Å². The van der Waals surface area contributed by atoms with E-state index in [4.69, 9.17) is 6.11 Å². The van der Waals surface area contributed by atoms with E-state index in [1.54, 1.807) is 34.0 Å². The second kappa shape index (κ2) is 13.6. The van der Waals surface area contributed by atoms with E-state index >= 15 is 0 Å². The number of anilines is 1. The van der Waals surface area contributed by atoms with E-state index in [0.29, 0.717) is 53.5 Å². The number of fused-ring (bicyclic) bond motifs is 2. The minimum atomic E-state index is -0.582. The molecule has 52 heavy (non-hydrogen) atoms. The van der Waals surface area contributed by atoms with Gasteiger partial charge >= 0.3 is 0 Å². The zero-order valence-electron chi connectivity index (χ0n) is 30.2. The minimum Gasteiger partial charge on any atom is -0.375 e. The summed E-state index contributed by atoms with van der Waals surface area (Å²) in [6.45, 7) is 4.42. The fourth-order valence-corrected chi connectivity index (χ4v) is 8.93. The van der Waals surface area contributed by atoms with E-state index in [0.717, 1.165) is 81.6 Å². The third-order valence-electron chi connectivity index (χ3n) is 12.1. The number of carbonyl (C=O) groups is 3. The third-order valence-corrected chi connectivity index (χ3v) is 12.1. The Balaban J connectivity index is 0.719. The van der Waals surface area contributed by atoms with Crippen LogP contribution in [0.2, 0.25) is 0 Å². The molecule has 0 bridgehead atoms. The van der Waals surface area contributed by atoms with Crippen LogP contribution in [0.3, 0.4) is 0 Å². The molecule has 0 unspecified atom stereocenters. The van der Waals surface area contributed by atoms with Gasteiger partial charge in [-0.05, 0) is 118 Å². The first kappa shape index (κ1) is 31.8. The van der Waals surface area contributed by atoms with Crippen LogP contribution in [0, 0.1) is 0 Å². The topological polar surface area (TPSA) is 117 Å². The summed E-state index contributed by atoms with van der Waals surface area (Å²) < 4.78 is 16.0. The lowest BCUT2D eigenvalue weighted by atomic mass is 9.83. The number of para-hydroxylation sites is 1. The van der Waals surface area contributed by atoms with Gasteiger partial charge < -0.3 is 19.4 Å². The molecule has 1 saturated carbocycles. The molecule has 9 rings (SSSR count). The van der Waals surface area contributed by atoms with E-state index in [1.807, 2.05) is 18.2 Å². The number of aromatic nitrogens is 2. The van der Waals surface area contributed by atoms with Gasteiger partial charge in [-0.2, -0.15) is 0 Å². The Morgan fingerprint density at radius 3 is 2.37 bits per heavy atom. The second-order valence-corrected chi connectivity index (χ2v) is 15.1. The lowest BCUT2D eigenvalue weighted by Gasteiger charge is -2.47. The maximum absolute atomic E-state index is 13.1. The maximum atomic E-state index is 13.1. The zero-order chi connectivity index (χ0) is 36.2. The van der Waals surface area contributed by atoms with Gasteiger partial charge in [-0.3, -0.25) is 29.1 Å². The van der Waals surface area contributed by atoms with Crippen LogP contribution < -0.4 is 15.8 Å². The molecule has 11 nitrogen and oxygen atoms in total. The molecule has 4 aromatic rings. The highest BCUT2D eigenvalue weighted by Gasteiger charge is 2.40. The minimum absolute atomic E-state index is 0.116. The largest absolute Gasteiger partial charge is 0.375 e. The Labute approximate surface area is 304 Å². The molecule has 1 atom stereocenters. The quantitative estimate of drug-likeness (QED) is 0.280. The molecule has 4 fully saturated rings. The highest BCUT2D eigenvalue weighted by molar-refractivity contribution is 6.05. The molecule has 1 aromatic heterocycles. The summed E-state index contributed by atoms with van der Waals surface area (Å²) in [5.41, 5.74) is 5.26. The van der Waals surface area contributed by atoms with Crippen LogP contribution in [0.1, 0.15) is 80.1 Å². The average molecular weight is 702 g/mol. The van der Waals surface area contributed by atoms with Gasteiger partial charge in [0.25, 0.3) is 11.5 Å². The van der Waals surface area contributed by atoms with E-state index in [-0.39, 0.29) is 35.8 Å². The molecule has 5 heterocycles. The van der Waals surface area contributed by atoms with Crippen LogP contribution in [-0.2, 0) is 20.9 Å². The van der Waals surface area contributed by atoms with E-state index in [9.17, 15) is 19.2 Å². The molecule has 3 aromatic carbocycles. The van der Waals surface area contributed by atoms with Gasteiger partial charge in [0.15, 0.2) is 0 Å². The number of carbonyl (C=O) groups excluding carboxylic acids is 3. The summed E-state index contributed by atoms with van der Waals surface area (Å²) in [6.07, 6.45) is 9.17. The fraction of sp³-hybridized carbons (Fsp3) is 0.439. The molecule has 1 aliphatic carbocycles. The van der Waals surface area contributed by atoms with Gasteiger partial charge in [0, 0.05) is 43.3 Å². The Morgan fingerprint density at radius 1 is 0.827 bits per heavy atom. The number of rotatable bonds is 7. The first-order valence-corrected chi connectivity index (χ1v) is 18.8. The molecule has 0 spiro atoms. The van der Waals surface area contributed by atoms with Crippen LogP contribution in [0.5, 0.6) is 0 Å². The van der Waals surface area contributed by atoms with Crippen molar-refractivity contribution in [3.05, 3.63) is 100 Å². The van der Waals surface area contributed by atoms with Crippen LogP contribution in [-0.4, -0.2) is 87.5 Å². The molecular weight excluding hydrogens is 656 g/mol. The van der Waals surface area contributed by atoms with Gasteiger partial charge in [-0.15, -0.1) is 0 Å². The molecule has 11 heteroatoms. The molecule has 1 N–H and O–H groups in total. The first-order valence-electron chi connectivity index (χ1n) is 19.3. The zero-order valence-corrected chi connectivity index (χ0v) is 29.2. The summed E-state index contributed by atoms with van der Waals surface area (Å²) >= 11 is 0. The van der Waals surface area contributed by atoms with Gasteiger partial charge in [0.1, 0.15) is 12.4 Å². The van der Waals surface area contributed by atoms with Crippen molar-refractivity contribution in [2.45, 2.75) is 88.1 Å². The van der Waals surface area contributed by atoms with E-state index < -0.39 is 6.04 Å². The SMILES string of the molecule is [2H]c1ccc2ncn(-c3ccc(N4CCC(OC5CC(N6CCC(c7ccc8c(c7)CN([C@@H]7CCC(=O)NC7=O)C8=O)CC6)C5)CC4)cc3)c(=O)c2c1. The van der Waals surface area contributed by atoms with E-state index in [2.05, 4.69) is 44.4 Å². The maximum Gasteiger partial charge on any atom is 0.265 e. The lowest BCUT2D eigenvalue weighted by Crippen LogP contribution is -2.52. The number of nitrogens with zero attached hydrogens (tertiary/aromatic N) is 5. The van der Waals surface area contributed by atoms with Crippen LogP contribution >= 0.6 is 0 Å². The normalized spacial score (nSPS) is 24.9. The van der Waals surface area contributed by atoms with Crippen molar-refractivity contribution in [1.82, 2.24) is 24.7 Å². The van der Waals surface area contributed by atoms with Crippen molar-refractivity contribution in [3.63, 3.8) is 0 Å². The molecule has 5 aliphatic rings. The molecule has 4 aliphatic heterocycles. The fourth-order valence-electron chi connectivity index (χ4n) is 8.93. The van der Waals surface area contributed by atoms with Gasteiger partial charge in [-0.1, -0.05) is 24.2 Å². The summed E-state index contributed by atoms with van der Waals surface area (Å²) in [7, 11) is 0. The lowest BCUT2D eigenvalue weighted by molar-refractivity contribution is -0.136. The average Bonchev–Trinajstić information content (AvgIpc) is 3.48. The highest BCUT2D eigenvalue weighted by atomic mass is 16.5. The van der Waals surface area contributed by atoms with Crippen molar-refractivity contribution in [3.8, 4) is 5.69 Å². The van der Waals surface area contributed by atoms with Crippen LogP contribution in [0.25, 0.3) is 16.6 Å². The van der Waals surface area contributed by atoms with Crippen molar-refractivity contribution in [2.75, 3.05) is 31.1 Å². The van der Waals surface area contributed by atoms with E-state index in [1.165, 1.54) is 5.56 Å². The number of hydrogen-bond donors (Lipinski definition) is 1. The number of ether oxygens (including phenoxy) is 1. The highest BCUT2D eigenvalue weighted by Crippen LogP contribution is 2.38. The number of likely N-dealkylation sites (tertiary alicyclic amines) is 1. The van der Waals surface area contributed by atoms with Crippen molar-refractivity contribution in [1.29, 1.82) is 0 Å². The Hall–Kier alpha value is -4.87. The monoisotopic (exact) mass is 701 g/mol. The first-order chi connectivity index (χ1) is 25.8. The number of hydrogen-bond acceptors (Lipinski definition) is 8. The van der Waals surface area contributed by atoms with Crippen molar-refractivity contribution < 1.29 is 20.5 Å². The Bertz CT molecular complexity index is 2130. The van der Waals surface area contributed by atoms with Gasteiger partial charge in [0.2, 0.25) is 11.8 Å². The number of nitrogens with one attached hydrogen (secondary N) is 1. The summed E-state index contributed by atoms with van der Waals surface area (Å²) in [5.74, 6) is -0.296. The smallest absolute Gasteiger partial charge is 0.265 e. The third kappa shape index (κ3) is 6.19. The molecule has 3 amide bonds. The molecule has 0 radical (unpaired) electrons. The predicted octanol–water partition coefficient (Wildman–Crippen LogP) is 4.54. The van der Waals surface area contributed by atoms with Gasteiger partial charge in [0.05, 0.1) is 30.2 Å². The molecular formula is C41H44N6O5. The standard InChI is InChI=1S/C41H44N6O5/c48-38-12-11-37(39(49)43-38)46-24-28-21-27(5-10-34(28)40(46)50)26-13-17-45(18-14-26)31-22-33(23-31)52-32-15-19-44(20-16-32)29-6-8-30(9-7-29)47-25-42-36-4-2-1-3-35(36)41(47)51/h1-10,21,25-26,31-33,37H,11-20,22-24H2,(H,43,48,49)/t31?,33?,37-/m1/s1/i1D. The summed E-state index contributed by atoms with van der Waals surface area (Å²) in [6, 6.07) is 19.5.